The molecule has 0 spiro atoms. The molecular weight excluding hydrogens is 448 g/mol. The Bertz CT molecular complexity index is 461. The lowest BCUT2D eigenvalue weighted by Crippen LogP contribution is -1.98. The molecule has 214 valence electrons. The Balaban J connectivity index is 0. The standard InChI is InChI=1S/C18H36O2.C14H26O2/c1-2-3-4-5-6-7-8-9-10-11-12-13-14-15-16-17-18(19)20;1-3-5-6-7-8-9-10-11-12-13-14(15)16-4-2/h2-17H2,1H3,(H,19,20);4H,2-3,5-13H2,1H3. The monoisotopic (exact) mass is 510 g/mol. The maximum absolute atomic E-state index is 11.0. The SMILES string of the molecule is C=COC(=O)CCCCCCCCCCC.CCCCCCCCCCCCCCCCCC(=O)O. The van der Waals surface area contributed by atoms with E-state index in [4.69, 9.17) is 5.11 Å². The highest BCUT2D eigenvalue weighted by Crippen LogP contribution is 2.14. The van der Waals surface area contributed by atoms with Crippen molar-refractivity contribution in [3.8, 4) is 0 Å². The van der Waals surface area contributed by atoms with Gasteiger partial charge in [0.1, 0.15) is 0 Å². The molecule has 0 saturated carbocycles. The van der Waals surface area contributed by atoms with E-state index in [2.05, 4.69) is 25.2 Å². The molecule has 0 aliphatic heterocycles. The summed E-state index contributed by atoms with van der Waals surface area (Å²) in [6.07, 6.45) is 33.3. The van der Waals surface area contributed by atoms with E-state index < -0.39 is 5.97 Å². The Hall–Kier alpha value is -1.32. The third-order valence-corrected chi connectivity index (χ3v) is 6.69. The second kappa shape index (κ2) is 33.7. The van der Waals surface area contributed by atoms with E-state index in [9.17, 15) is 9.59 Å². The molecular formula is C32H62O4. The highest BCUT2D eigenvalue weighted by atomic mass is 16.5. The molecule has 0 fully saturated rings. The number of carbonyl (C=O) groups excluding carboxylic acids is 1. The number of hydrogen-bond acceptors (Lipinski definition) is 3. The van der Waals surface area contributed by atoms with Crippen molar-refractivity contribution in [2.45, 2.75) is 181 Å². The van der Waals surface area contributed by atoms with Crippen LogP contribution in [-0.4, -0.2) is 17.0 Å². The molecule has 0 aliphatic carbocycles. The van der Waals surface area contributed by atoms with Gasteiger partial charge in [0.2, 0.25) is 0 Å². The van der Waals surface area contributed by atoms with Gasteiger partial charge in [-0.3, -0.25) is 9.59 Å². The molecule has 0 aliphatic rings. The van der Waals surface area contributed by atoms with Crippen LogP contribution in [0.25, 0.3) is 0 Å². The van der Waals surface area contributed by atoms with Crippen LogP contribution < -0.4 is 0 Å². The van der Waals surface area contributed by atoms with Gasteiger partial charge >= 0.3 is 11.9 Å². The number of ether oxygens (including phenoxy) is 1. The van der Waals surface area contributed by atoms with Crippen LogP contribution in [0.4, 0.5) is 0 Å². The van der Waals surface area contributed by atoms with Crippen LogP contribution in [-0.2, 0) is 14.3 Å². The minimum atomic E-state index is -0.653. The molecule has 0 unspecified atom stereocenters. The van der Waals surface area contributed by atoms with Crippen molar-refractivity contribution in [2.24, 2.45) is 0 Å². The first kappa shape index (κ1) is 36.8. The van der Waals surface area contributed by atoms with Gasteiger partial charge in [-0.25, -0.2) is 0 Å². The maximum atomic E-state index is 11.0. The molecule has 0 saturated heterocycles. The van der Waals surface area contributed by atoms with Crippen LogP contribution in [0.15, 0.2) is 12.8 Å². The average molecular weight is 511 g/mol. The molecule has 0 atom stereocenters. The van der Waals surface area contributed by atoms with Gasteiger partial charge in [-0.15, -0.1) is 0 Å². The maximum Gasteiger partial charge on any atom is 0.310 e. The number of esters is 1. The summed E-state index contributed by atoms with van der Waals surface area (Å²) in [7, 11) is 0. The predicted molar refractivity (Wildman–Crippen MR) is 155 cm³/mol. The fourth-order valence-electron chi connectivity index (χ4n) is 4.38. The van der Waals surface area contributed by atoms with Crippen molar-refractivity contribution in [3.05, 3.63) is 12.8 Å². The van der Waals surface area contributed by atoms with Crippen molar-refractivity contribution in [3.63, 3.8) is 0 Å². The van der Waals surface area contributed by atoms with Gasteiger partial charge in [0.25, 0.3) is 0 Å². The van der Waals surface area contributed by atoms with Crippen LogP contribution in [0.2, 0.25) is 0 Å². The number of carbonyl (C=O) groups is 2. The van der Waals surface area contributed by atoms with Gasteiger partial charge in [-0.2, -0.15) is 0 Å². The summed E-state index contributed by atoms with van der Waals surface area (Å²) in [6, 6.07) is 0. The molecule has 0 amide bonds. The molecule has 4 nitrogen and oxygen atoms in total. The quantitative estimate of drug-likeness (QED) is 0.0678. The third kappa shape index (κ3) is 37.2. The predicted octanol–water partition coefficient (Wildman–Crippen LogP) is 10.9. The normalized spacial score (nSPS) is 10.5. The van der Waals surface area contributed by atoms with E-state index in [-0.39, 0.29) is 5.97 Å². The zero-order valence-corrected chi connectivity index (χ0v) is 24.3. The fraction of sp³-hybridized carbons (Fsp3) is 0.875. The van der Waals surface area contributed by atoms with Crippen molar-refractivity contribution in [1.29, 1.82) is 0 Å². The average Bonchev–Trinajstić information content (AvgIpc) is 2.86. The van der Waals surface area contributed by atoms with E-state index in [1.165, 1.54) is 135 Å². The van der Waals surface area contributed by atoms with E-state index in [0.717, 1.165) is 25.7 Å². The number of rotatable bonds is 27. The van der Waals surface area contributed by atoms with Crippen molar-refractivity contribution < 1.29 is 19.4 Å². The van der Waals surface area contributed by atoms with Crippen molar-refractivity contribution in [1.82, 2.24) is 0 Å². The molecule has 4 heteroatoms. The number of carboxylic acids is 1. The first-order chi connectivity index (χ1) is 17.6. The first-order valence-electron chi connectivity index (χ1n) is 15.6. The molecule has 0 aromatic carbocycles. The lowest BCUT2D eigenvalue weighted by atomic mass is 10.0. The molecule has 1 N–H and O–H groups in total. The molecule has 0 aromatic heterocycles. The summed E-state index contributed by atoms with van der Waals surface area (Å²) >= 11 is 0. The van der Waals surface area contributed by atoms with Gasteiger partial charge in [-0.1, -0.05) is 162 Å². The lowest BCUT2D eigenvalue weighted by Gasteiger charge is -2.03. The van der Waals surface area contributed by atoms with Crippen LogP contribution >= 0.6 is 0 Å². The molecule has 36 heavy (non-hydrogen) atoms. The van der Waals surface area contributed by atoms with Gasteiger partial charge < -0.3 is 9.84 Å². The second-order valence-electron chi connectivity index (χ2n) is 10.3. The number of carboxylic acid groups (broad SMARTS) is 1. The Morgan fingerprint density at radius 3 is 1.08 bits per heavy atom. The zero-order chi connectivity index (χ0) is 27.0. The smallest absolute Gasteiger partial charge is 0.310 e. The van der Waals surface area contributed by atoms with E-state index in [1.54, 1.807) is 0 Å². The minimum Gasteiger partial charge on any atom is -0.481 e. The van der Waals surface area contributed by atoms with E-state index in [1.807, 2.05) is 0 Å². The van der Waals surface area contributed by atoms with E-state index in [0.29, 0.717) is 12.8 Å². The summed E-state index contributed by atoms with van der Waals surface area (Å²) in [4.78, 5) is 21.3. The van der Waals surface area contributed by atoms with Gasteiger partial charge in [0.05, 0.1) is 6.26 Å². The van der Waals surface area contributed by atoms with Gasteiger partial charge in [0.15, 0.2) is 0 Å². The number of unbranched alkanes of at least 4 members (excludes halogenated alkanes) is 22. The van der Waals surface area contributed by atoms with Crippen LogP contribution in [0.5, 0.6) is 0 Å². The summed E-state index contributed by atoms with van der Waals surface area (Å²) in [5.41, 5.74) is 0. The summed E-state index contributed by atoms with van der Waals surface area (Å²) in [5.74, 6) is -0.808. The highest BCUT2D eigenvalue weighted by molar-refractivity contribution is 5.69. The fourth-order valence-corrected chi connectivity index (χ4v) is 4.38. The molecule has 0 heterocycles. The molecule has 0 radical (unpaired) electrons. The third-order valence-electron chi connectivity index (χ3n) is 6.69. The van der Waals surface area contributed by atoms with Gasteiger partial charge in [-0.05, 0) is 12.8 Å². The van der Waals surface area contributed by atoms with Crippen molar-refractivity contribution >= 4 is 11.9 Å². The van der Waals surface area contributed by atoms with Crippen molar-refractivity contribution in [2.75, 3.05) is 0 Å². The van der Waals surface area contributed by atoms with Crippen LogP contribution in [0, 0.1) is 0 Å². The highest BCUT2D eigenvalue weighted by Gasteiger charge is 2.00. The Kier molecular flexibility index (Phi) is 34.5. The van der Waals surface area contributed by atoms with E-state index >= 15 is 0 Å². The Morgan fingerprint density at radius 2 is 0.806 bits per heavy atom. The Labute approximate surface area is 225 Å². The first-order valence-corrected chi connectivity index (χ1v) is 15.6. The minimum absolute atomic E-state index is 0.155. The van der Waals surface area contributed by atoms with Gasteiger partial charge in [0, 0.05) is 12.8 Å². The molecule has 0 rings (SSSR count). The number of hydrogen-bond donors (Lipinski definition) is 1. The summed E-state index contributed by atoms with van der Waals surface area (Å²) in [5, 5.41) is 8.52. The Morgan fingerprint density at radius 1 is 0.528 bits per heavy atom. The summed E-state index contributed by atoms with van der Waals surface area (Å²) in [6.45, 7) is 7.86. The largest absolute Gasteiger partial charge is 0.481 e. The van der Waals surface area contributed by atoms with Crippen LogP contribution in [0.3, 0.4) is 0 Å². The second-order valence-corrected chi connectivity index (χ2v) is 10.3. The molecule has 0 aromatic rings. The van der Waals surface area contributed by atoms with Crippen LogP contribution in [0.1, 0.15) is 181 Å². The topological polar surface area (TPSA) is 63.6 Å². The molecule has 0 bridgehead atoms. The zero-order valence-electron chi connectivity index (χ0n) is 24.3. The number of aliphatic carboxylic acids is 1. The lowest BCUT2D eigenvalue weighted by molar-refractivity contribution is -0.138. The summed E-state index contributed by atoms with van der Waals surface area (Å²) < 4.78 is 4.64.